The summed E-state index contributed by atoms with van der Waals surface area (Å²) in [5.74, 6) is 0.965. The molecule has 0 saturated heterocycles. The van der Waals surface area contributed by atoms with Gasteiger partial charge in [-0.15, -0.1) is 0 Å². The zero-order chi connectivity index (χ0) is 13.5. The van der Waals surface area contributed by atoms with E-state index in [-0.39, 0.29) is 6.61 Å². The van der Waals surface area contributed by atoms with Crippen LogP contribution in [0, 0.1) is 13.8 Å². The Kier molecular flexibility index (Phi) is 6.16. The van der Waals surface area contributed by atoms with E-state index in [4.69, 9.17) is 9.84 Å². The topological polar surface area (TPSA) is 32.7 Å². The molecule has 0 fully saturated rings. The molecule has 0 aliphatic carbocycles. The van der Waals surface area contributed by atoms with Crippen molar-refractivity contribution in [2.24, 2.45) is 0 Å². The Balaban J connectivity index is 2.68. The summed E-state index contributed by atoms with van der Waals surface area (Å²) in [5, 5.41) is 8.78. The molecule has 0 aliphatic heterocycles. The summed E-state index contributed by atoms with van der Waals surface area (Å²) in [7, 11) is 3.82. The summed E-state index contributed by atoms with van der Waals surface area (Å²) in [4.78, 5) is 2.27. The summed E-state index contributed by atoms with van der Waals surface area (Å²) in [6.45, 7) is 6.39. The molecule has 3 nitrogen and oxygen atoms in total. The summed E-state index contributed by atoms with van der Waals surface area (Å²) in [6.07, 6.45) is 1.90. The standard InChI is InChI=1S/C15H25NO2/c1-12-9-14(15(18-4)10-13(12)2)11-16(3)7-5-6-8-17/h9-10,17H,5-8,11H2,1-4H3. The SMILES string of the molecule is COc1cc(C)c(C)cc1CN(C)CCCCO. The minimum atomic E-state index is 0.279. The Morgan fingerprint density at radius 2 is 1.83 bits per heavy atom. The van der Waals surface area contributed by atoms with Crippen molar-refractivity contribution < 1.29 is 9.84 Å². The van der Waals surface area contributed by atoms with Gasteiger partial charge in [0.15, 0.2) is 0 Å². The monoisotopic (exact) mass is 251 g/mol. The Morgan fingerprint density at radius 1 is 1.17 bits per heavy atom. The van der Waals surface area contributed by atoms with Crippen LogP contribution >= 0.6 is 0 Å². The average Bonchev–Trinajstić information content (AvgIpc) is 2.34. The number of hydrogen-bond acceptors (Lipinski definition) is 3. The molecule has 18 heavy (non-hydrogen) atoms. The maximum atomic E-state index is 8.78. The number of rotatable bonds is 7. The zero-order valence-corrected chi connectivity index (χ0v) is 12.0. The van der Waals surface area contributed by atoms with Crippen molar-refractivity contribution in [3.8, 4) is 5.75 Å². The van der Waals surface area contributed by atoms with E-state index in [9.17, 15) is 0 Å². The summed E-state index contributed by atoms with van der Waals surface area (Å²) in [6, 6.07) is 4.31. The largest absolute Gasteiger partial charge is 0.496 e. The first-order valence-corrected chi connectivity index (χ1v) is 6.52. The number of methoxy groups -OCH3 is 1. The summed E-state index contributed by atoms with van der Waals surface area (Å²) >= 11 is 0. The predicted octanol–water partition coefficient (Wildman–Crippen LogP) is 2.52. The highest BCUT2D eigenvalue weighted by Gasteiger charge is 2.08. The number of aryl methyl sites for hydroxylation is 2. The fourth-order valence-corrected chi connectivity index (χ4v) is 2.03. The van der Waals surface area contributed by atoms with Crippen molar-refractivity contribution in [3.63, 3.8) is 0 Å². The van der Waals surface area contributed by atoms with Gasteiger partial charge in [-0.1, -0.05) is 6.07 Å². The molecule has 1 aromatic carbocycles. The van der Waals surface area contributed by atoms with Gasteiger partial charge in [0.25, 0.3) is 0 Å². The molecule has 102 valence electrons. The van der Waals surface area contributed by atoms with Crippen molar-refractivity contribution in [2.45, 2.75) is 33.2 Å². The quantitative estimate of drug-likeness (QED) is 0.756. The van der Waals surface area contributed by atoms with Crippen LogP contribution in [0.15, 0.2) is 12.1 Å². The molecule has 0 bridgehead atoms. The lowest BCUT2D eigenvalue weighted by molar-refractivity contribution is 0.259. The molecule has 0 saturated carbocycles. The number of benzene rings is 1. The Labute approximate surface area is 110 Å². The van der Waals surface area contributed by atoms with Crippen LogP contribution in [0.4, 0.5) is 0 Å². The molecule has 0 atom stereocenters. The molecule has 0 aliphatic rings. The van der Waals surface area contributed by atoms with Gasteiger partial charge >= 0.3 is 0 Å². The maximum Gasteiger partial charge on any atom is 0.123 e. The van der Waals surface area contributed by atoms with Crippen LogP contribution in [-0.4, -0.2) is 37.3 Å². The van der Waals surface area contributed by atoms with Crippen LogP contribution in [0.5, 0.6) is 5.75 Å². The average molecular weight is 251 g/mol. The minimum absolute atomic E-state index is 0.279. The van der Waals surface area contributed by atoms with Gasteiger partial charge < -0.3 is 14.7 Å². The van der Waals surface area contributed by atoms with E-state index in [0.717, 1.165) is 31.7 Å². The fraction of sp³-hybridized carbons (Fsp3) is 0.600. The second-order valence-corrected chi connectivity index (χ2v) is 4.92. The molecule has 1 N–H and O–H groups in total. The molecule has 1 rings (SSSR count). The van der Waals surface area contributed by atoms with E-state index in [1.54, 1.807) is 7.11 Å². The first-order chi connectivity index (χ1) is 8.58. The van der Waals surface area contributed by atoms with E-state index in [2.05, 4.69) is 37.9 Å². The van der Waals surface area contributed by atoms with Crippen molar-refractivity contribution in [1.29, 1.82) is 0 Å². The molecular formula is C15H25NO2. The van der Waals surface area contributed by atoms with E-state index < -0.39 is 0 Å². The van der Waals surface area contributed by atoms with Crippen LogP contribution in [0.1, 0.15) is 29.5 Å². The van der Waals surface area contributed by atoms with E-state index in [1.165, 1.54) is 16.7 Å². The van der Waals surface area contributed by atoms with Gasteiger partial charge in [-0.3, -0.25) is 0 Å². The third kappa shape index (κ3) is 4.31. The van der Waals surface area contributed by atoms with Crippen molar-refractivity contribution in [2.75, 3.05) is 27.3 Å². The number of nitrogens with zero attached hydrogens (tertiary/aromatic N) is 1. The summed E-state index contributed by atoms with van der Waals surface area (Å²) < 4.78 is 5.44. The molecule has 3 heteroatoms. The van der Waals surface area contributed by atoms with Gasteiger partial charge in [0.05, 0.1) is 7.11 Å². The molecule has 0 radical (unpaired) electrons. The lowest BCUT2D eigenvalue weighted by Crippen LogP contribution is -2.20. The van der Waals surface area contributed by atoms with Crippen molar-refractivity contribution >= 4 is 0 Å². The maximum absolute atomic E-state index is 8.78. The van der Waals surface area contributed by atoms with Gasteiger partial charge in [0, 0.05) is 18.7 Å². The second-order valence-electron chi connectivity index (χ2n) is 4.92. The van der Waals surface area contributed by atoms with Crippen LogP contribution in [0.2, 0.25) is 0 Å². The number of ether oxygens (including phenoxy) is 1. The molecule has 0 amide bonds. The number of aliphatic hydroxyl groups is 1. The Hall–Kier alpha value is -1.06. The van der Waals surface area contributed by atoms with Crippen LogP contribution in [-0.2, 0) is 6.54 Å². The Bertz CT molecular complexity index is 377. The van der Waals surface area contributed by atoms with Crippen molar-refractivity contribution in [3.05, 3.63) is 28.8 Å². The zero-order valence-electron chi connectivity index (χ0n) is 12.0. The smallest absolute Gasteiger partial charge is 0.123 e. The third-order valence-corrected chi connectivity index (χ3v) is 3.28. The first-order valence-electron chi connectivity index (χ1n) is 6.52. The highest BCUT2D eigenvalue weighted by atomic mass is 16.5. The molecule has 0 heterocycles. The summed E-state index contributed by atoms with van der Waals surface area (Å²) in [5.41, 5.74) is 3.79. The van der Waals surface area contributed by atoms with Crippen LogP contribution in [0.3, 0.4) is 0 Å². The Morgan fingerprint density at radius 3 is 2.44 bits per heavy atom. The molecule has 0 spiro atoms. The first kappa shape index (κ1) is 15.0. The van der Waals surface area contributed by atoms with Crippen LogP contribution < -0.4 is 4.74 Å². The number of aliphatic hydroxyl groups excluding tert-OH is 1. The number of unbranched alkanes of at least 4 members (excludes halogenated alkanes) is 1. The second kappa shape index (κ2) is 7.39. The predicted molar refractivity (Wildman–Crippen MR) is 75.1 cm³/mol. The third-order valence-electron chi connectivity index (χ3n) is 3.28. The van der Waals surface area contributed by atoms with Gasteiger partial charge in [-0.2, -0.15) is 0 Å². The normalized spacial score (nSPS) is 11.0. The number of hydrogen-bond donors (Lipinski definition) is 1. The molecule has 1 aromatic rings. The van der Waals surface area contributed by atoms with Gasteiger partial charge in [-0.05, 0) is 57.5 Å². The molecule has 0 aromatic heterocycles. The highest BCUT2D eigenvalue weighted by molar-refractivity contribution is 5.41. The molecular weight excluding hydrogens is 226 g/mol. The molecule has 0 unspecified atom stereocenters. The lowest BCUT2D eigenvalue weighted by Gasteiger charge is -2.19. The van der Waals surface area contributed by atoms with E-state index in [0.29, 0.717) is 0 Å². The minimum Gasteiger partial charge on any atom is -0.496 e. The van der Waals surface area contributed by atoms with E-state index in [1.807, 2.05) is 0 Å². The van der Waals surface area contributed by atoms with Crippen LogP contribution in [0.25, 0.3) is 0 Å². The van der Waals surface area contributed by atoms with Gasteiger partial charge in [0.1, 0.15) is 5.75 Å². The van der Waals surface area contributed by atoms with Crippen molar-refractivity contribution in [1.82, 2.24) is 4.90 Å². The van der Waals surface area contributed by atoms with E-state index >= 15 is 0 Å². The fourth-order valence-electron chi connectivity index (χ4n) is 2.03. The highest BCUT2D eigenvalue weighted by Crippen LogP contribution is 2.24. The van der Waals surface area contributed by atoms with Gasteiger partial charge in [-0.25, -0.2) is 0 Å². The lowest BCUT2D eigenvalue weighted by atomic mass is 10.0. The van der Waals surface area contributed by atoms with Gasteiger partial charge in [0.2, 0.25) is 0 Å².